The van der Waals surface area contributed by atoms with Gasteiger partial charge in [0.1, 0.15) is 0 Å². The number of benzene rings is 1. The van der Waals surface area contributed by atoms with E-state index < -0.39 is 0 Å². The van der Waals surface area contributed by atoms with Crippen LogP contribution in [0.5, 0.6) is 0 Å². The molecule has 0 spiro atoms. The number of carbonyl (C=O) groups excluding carboxylic acids is 1. The van der Waals surface area contributed by atoms with Crippen molar-refractivity contribution >= 4 is 5.91 Å². The lowest BCUT2D eigenvalue weighted by atomic mass is 9.96. The smallest absolute Gasteiger partial charge is 0.276 e. The summed E-state index contributed by atoms with van der Waals surface area (Å²) in [4.78, 5) is 14.6. The van der Waals surface area contributed by atoms with Crippen LogP contribution in [0.2, 0.25) is 0 Å². The molecule has 6 nitrogen and oxygen atoms in total. The Bertz CT molecular complexity index is 694. The summed E-state index contributed by atoms with van der Waals surface area (Å²) in [5.41, 5.74) is 8.47. The van der Waals surface area contributed by atoms with Crippen molar-refractivity contribution in [2.24, 2.45) is 5.73 Å². The number of hydrogen-bond donors (Lipinski definition) is 1. The minimum atomic E-state index is -0.0779. The first-order chi connectivity index (χ1) is 11.1. The van der Waals surface area contributed by atoms with Crippen LogP contribution in [-0.2, 0) is 0 Å². The van der Waals surface area contributed by atoms with E-state index in [0.717, 1.165) is 37.1 Å². The maximum absolute atomic E-state index is 12.8. The molecule has 3 rings (SSSR count). The van der Waals surface area contributed by atoms with Gasteiger partial charge >= 0.3 is 0 Å². The maximum Gasteiger partial charge on any atom is 0.276 e. The van der Waals surface area contributed by atoms with Crippen molar-refractivity contribution in [3.8, 4) is 5.69 Å². The third kappa shape index (κ3) is 3.27. The molecule has 2 aromatic rings. The Morgan fingerprint density at radius 1 is 1.39 bits per heavy atom. The summed E-state index contributed by atoms with van der Waals surface area (Å²) >= 11 is 0. The van der Waals surface area contributed by atoms with Crippen molar-refractivity contribution in [1.82, 2.24) is 19.9 Å². The van der Waals surface area contributed by atoms with Crippen LogP contribution < -0.4 is 5.73 Å². The molecule has 1 aliphatic heterocycles. The lowest BCUT2D eigenvalue weighted by molar-refractivity contribution is 0.0577. The normalized spacial score (nSPS) is 19.6. The second kappa shape index (κ2) is 6.50. The van der Waals surface area contributed by atoms with Gasteiger partial charge in [-0.15, -0.1) is 5.10 Å². The highest BCUT2D eigenvalue weighted by atomic mass is 16.2. The fourth-order valence-electron chi connectivity index (χ4n) is 3.16. The fraction of sp³-hybridized carbons (Fsp3) is 0.471. The fourth-order valence-corrected chi connectivity index (χ4v) is 3.16. The molecule has 0 unspecified atom stereocenters. The average Bonchev–Trinajstić information content (AvgIpc) is 3.04. The molecule has 6 heteroatoms. The van der Waals surface area contributed by atoms with Crippen LogP contribution in [-0.4, -0.2) is 44.4 Å². The lowest BCUT2D eigenvalue weighted by Crippen LogP contribution is -2.51. The third-order valence-corrected chi connectivity index (χ3v) is 4.40. The van der Waals surface area contributed by atoms with Gasteiger partial charge < -0.3 is 10.6 Å². The summed E-state index contributed by atoms with van der Waals surface area (Å²) < 4.78 is 1.64. The van der Waals surface area contributed by atoms with E-state index in [0.29, 0.717) is 5.69 Å². The lowest BCUT2D eigenvalue weighted by Gasteiger charge is -2.37. The monoisotopic (exact) mass is 313 g/mol. The van der Waals surface area contributed by atoms with E-state index in [1.165, 1.54) is 0 Å². The van der Waals surface area contributed by atoms with Crippen LogP contribution >= 0.6 is 0 Å². The first-order valence-electron chi connectivity index (χ1n) is 8.12. The Morgan fingerprint density at radius 3 is 2.96 bits per heavy atom. The van der Waals surface area contributed by atoms with Crippen LogP contribution in [0, 0.1) is 6.92 Å². The number of aryl methyl sites for hydroxylation is 1. The van der Waals surface area contributed by atoms with E-state index in [9.17, 15) is 4.79 Å². The molecular weight excluding hydrogens is 290 g/mol. The maximum atomic E-state index is 12.8. The van der Waals surface area contributed by atoms with Crippen LogP contribution in [0.4, 0.5) is 0 Å². The molecule has 23 heavy (non-hydrogen) atoms. The quantitative estimate of drug-likeness (QED) is 0.939. The standard InChI is InChI=1S/C17H23N5O/c1-12-6-5-7-14(10-12)22-11-15(19-20-22)17(23)21-9-4-3-8-16(21)13(2)18/h5-7,10-11,13,16H,3-4,8-9,18H2,1-2H3/t13-,16+/m1/s1. The van der Waals surface area contributed by atoms with Gasteiger partial charge in [0.15, 0.2) is 5.69 Å². The SMILES string of the molecule is Cc1cccc(-n2cc(C(=O)N3CCCC[C@H]3[C@@H](C)N)nn2)c1. The Labute approximate surface area is 136 Å². The number of nitrogens with two attached hydrogens (primary N) is 1. The Kier molecular flexibility index (Phi) is 4.43. The van der Waals surface area contributed by atoms with Crippen molar-refractivity contribution in [2.45, 2.75) is 45.2 Å². The topological polar surface area (TPSA) is 77.0 Å². The van der Waals surface area contributed by atoms with Gasteiger partial charge in [-0.3, -0.25) is 4.79 Å². The van der Waals surface area contributed by atoms with Gasteiger partial charge in [0.05, 0.1) is 11.9 Å². The van der Waals surface area contributed by atoms with E-state index in [2.05, 4.69) is 10.3 Å². The minimum Gasteiger partial charge on any atom is -0.333 e. The number of aromatic nitrogens is 3. The summed E-state index contributed by atoms with van der Waals surface area (Å²) in [7, 11) is 0. The van der Waals surface area contributed by atoms with Crippen LogP contribution in [0.3, 0.4) is 0 Å². The molecule has 122 valence electrons. The largest absolute Gasteiger partial charge is 0.333 e. The third-order valence-electron chi connectivity index (χ3n) is 4.40. The van der Waals surface area contributed by atoms with E-state index in [-0.39, 0.29) is 18.0 Å². The number of nitrogens with zero attached hydrogens (tertiary/aromatic N) is 4. The molecule has 0 bridgehead atoms. The van der Waals surface area contributed by atoms with E-state index in [4.69, 9.17) is 5.73 Å². The molecule has 1 aromatic heterocycles. The van der Waals surface area contributed by atoms with Crippen LogP contribution in [0.25, 0.3) is 5.69 Å². The highest BCUT2D eigenvalue weighted by Crippen LogP contribution is 2.21. The predicted molar refractivity (Wildman–Crippen MR) is 88.4 cm³/mol. The first-order valence-corrected chi connectivity index (χ1v) is 8.12. The summed E-state index contributed by atoms with van der Waals surface area (Å²) in [5, 5.41) is 8.17. The minimum absolute atomic E-state index is 0.0360. The molecule has 2 N–H and O–H groups in total. The summed E-state index contributed by atoms with van der Waals surface area (Å²) in [6.07, 6.45) is 4.78. The number of likely N-dealkylation sites (tertiary alicyclic amines) is 1. The van der Waals surface area contributed by atoms with Crippen molar-refractivity contribution in [2.75, 3.05) is 6.54 Å². The number of piperidine rings is 1. The molecule has 2 atom stereocenters. The summed E-state index contributed by atoms with van der Waals surface area (Å²) in [6, 6.07) is 7.99. The average molecular weight is 313 g/mol. The van der Waals surface area contributed by atoms with Crippen molar-refractivity contribution in [3.05, 3.63) is 41.7 Å². The number of carbonyl (C=O) groups is 1. The molecule has 1 saturated heterocycles. The Balaban J connectivity index is 1.83. The van der Waals surface area contributed by atoms with E-state index in [1.807, 2.05) is 43.0 Å². The Hall–Kier alpha value is -2.21. The zero-order valence-electron chi connectivity index (χ0n) is 13.6. The molecular formula is C17H23N5O. The highest BCUT2D eigenvalue weighted by Gasteiger charge is 2.31. The van der Waals surface area contributed by atoms with Crippen molar-refractivity contribution < 1.29 is 4.79 Å². The van der Waals surface area contributed by atoms with Gasteiger partial charge in [-0.05, 0) is 50.8 Å². The molecule has 0 saturated carbocycles. The molecule has 1 amide bonds. The van der Waals surface area contributed by atoms with Gasteiger partial charge in [-0.1, -0.05) is 17.3 Å². The van der Waals surface area contributed by atoms with Gasteiger partial charge in [-0.2, -0.15) is 0 Å². The zero-order valence-corrected chi connectivity index (χ0v) is 13.6. The second-order valence-electron chi connectivity index (χ2n) is 6.31. The number of hydrogen-bond acceptors (Lipinski definition) is 4. The van der Waals surface area contributed by atoms with Crippen molar-refractivity contribution in [1.29, 1.82) is 0 Å². The van der Waals surface area contributed by atoms with Crippen molar-refractivity contribution in [3.63, 3.8) is 0 Å². The van der Waals surface area contributed by atoms with Gasteiger partial charge in [0.2, 0.25) is 0 Å². The Morgan fingerprint density at radius 2 is 2.22 bits per heavy atom. The molecule has 1 aliphatic rings. The molecule has 2 heterocycles. The summed E-state index contributed by atoms with van der Waals surface area (Å²) in [6.45, 7) is 4.72. The molecule has 1 aromatic carbocycles. The zero-order chi connectivity index (χ0) is 16.4. The van der Waals surface area contributed by atoms with E-state index in [1.54, 1.807) is 10.9 Å². The number of rotatable bonds is 3. The van der Waals surface area contributed by atoms with Gasteiger partial charge in [0, 0.05) is 18.6 Å². The van der Waals surface area contributed by atoms with Crippen LogP contribution in [0.1, 0.15) is 42.2 Å². The molecule has 1 fully saturated rings. The number of amides is 1. The predicted octanol–water partition coefficient (Wildman–Crippen LogP) is 1.92. The van der Waals surface area contributed by atoms with Gasteiger partial charge in [0.25, 0.3) is 5.91 Å². The van der Waals surface area contributed by atoms with Crippen LogP contribution in [0.15, 0.2) is 30.5 Å². The molecule has 0 aliphatic carbocycles. The van der Waals surface area contributed by atoms with E-state index >= 15 is 0 Å². The molecule has 0 radical (unpaired) electrons. The highest BCUT2D eigenvalue weighted by molar-refractivity contribution is 5.92. The second-order valence-corrected chi connectivity index (χ2v) is 6.31. The van der Waals surface area contributed by atoms with Gasteiger partial charge in [-0.25, -0.2) is 4.68 Å². The summed E-state index contributed by atoms with van der Waals surface area (Å²) in [5.74, 6) is -0.0779. The first kappa shape index (κ1) is 15.7.